The summed E-state index contributed by atoms with van der Waals surface area (Å²) in [6, 6.07) is 5.18. The molecule has 0 spiro atoms. The van der Waals surface area contributed by atoms with Crippen LogP contribution in [0.3, 0.4) is 0 Å². The molecule has 1 amide bonds. The van der Waals surface area contributed by atoms with Gasteiger partial charge < -0.3 is 0 Å². The summed E-state index contributed by atoms with van der Waals surface area (Å²) in [6.45, 7) is 0. The van der Waals surface area contributed by atoms with Crippen LogP contribution in [0.4, 0.5) is 5.95 Å². The molecule has 0 saturated carbocycles. The number of amides is 1. The Morgan fingerprint density at radius 3 is 3.11 bits per heavy atom. The minimum Gasteiger partial charge on any atom is -0.291 e. The molecule has 2 aromatic heterocycles. The fourth-order valence-electron chi connectivity index (χ4n) is 1.63. The number of benzene rings is 1. The molecule has 8 heteroatoms. The van der Waals surface area contributed by atoms with Gasteiger partial charge in [-0.3, -0.25) is 10.1 Å². The third-order valence-electron chi connectivity index (χ3n) is 2.52. The smallest absolute Gasteiger partial charge is 0.258 e. The Labute approximate surface area is 101 Å². The number of hydrogen-bond acceptors (Lipinski definition) is 5. The maximum Gasteiger partial charge on any atom is 0.258 e. The van der Waals surface area contributed by atoms with Crippen LogP contribution in [0.25, 0.3) is 11.0 Å². The van der Waals surface area contributed by atoms with Crippen molar-refractivity contribution in [3.8, 4) is 0 Å². The minimum atomic E-state index is -0.278. The van der Waals surface area contributed by atoms with E-state index in [0.717, 1.165) is 5.52 Å². The topological polar surface area (TPSA) is 101 Å². The van der Waals surface area contributed by atoms with E-state index in [2.05, 4.69) is 30.8 Å². The SMILES string of the molecule is Cn1nnc2cc(C(=O)Nc3ncn[nH]3)ccc21. The van der Waals surface area contributed by atoms with Crippen LogP contribution in [0.1, 0.15) is 10.4 Å². The molecule has 0 bridgehead atoms. The van der Waals surface area contributed by atoms with E-state index in [9.17, 15) is 4.79 Å². The predicted molar refractivity (Wildman–Crippen MR) is 62.8 cm³/mol. The number of anilines is 1. The number of carbonyl (C=O) groups excluding carboxylic acids is 1. The molecule has 90 valence electrons. The van der Waals surface area contributed by atoms with E-state index < -0.39 is 0 Å². The van der Waals surface area contributed by atoms with E-state index in [-0.39, 0.29) is 5.91 Å². The zero-order chi connectivity index (χ0) is 12.5. The normalized spacial score (nSPS) is 10.7. The van der Waals surface area contributed by atoms with Gasteiger partial charge in [-0.2, -0.15) is 10.1 Å². The highest BCUT2D eigenvalue weighted by atomic mass is 16.1. The molecular weight excluding hydrogens is 234 g/mol. The standard InChI is InChI=1S/C10H9N7O/c1-17-8-3-2-6(4-7(8)14-16-17)9(18)13-10-11-5-12-15-10/h2-5H,1H3,(H2,11,12,13,15,18). The van der Waals surface area contributed by atoms with Gasteiger partial charge in [-0.1, -0.05) is 5.21 Å². The first-order chi connectivity index (χ1) is 8.74. The Hall–Kier alpha value is -2.77. The molecule has 18 heavy (non-hydrogen) atoms. The first-order valence-electron chi connectivity index (χ1n) is 5.20. The largest absolute Gasteiger partial charge is 0.291 e. The van der Waals surface area contributed by atoms with Crippen LogP contribution in [0.5, 0.6) is 0 Å². The molecule has 0 fully saturated rings. The lowest BCUT2D eigenvalue weighted by atomic mass is 10.2. The van der Waals surface area contributed by atoms with Gasteiger partial charge in [0.1, 0.15) is 11.8 Å². The van der Waals surface area contributed by atoms with Crippen LogP contribution in [0.15, 0.2) is 24.5 Å². The Morgan fingerprint density at radius 2 is 2.33 bits per heavy atom. The van der Waals surface area contributed by atoms with Gasteiger partial charge in [0.15, 0.2) is 0 Å². The van der Waals surface area contributed by atoms with Gasteiger partial charge in [0.2, 0.25) is 5.95 Å². The Balaban J connectivity index is 1.92. The van der Waals surface area contributed by atoms with Gasteiger partial charge in [0, 0.05) is 12.6 Å². The van der Waals surface area contributed by atoms with Crippen molar-refractivity contribution >= 4 is 22.9 Å². The summed E-state index contributed by atoms with van der Waals surface area (Å²) in [5.41, 5.74) is 2.02. The van der Waals surface area contributed by atoms with Crippen LogP contribution in [0.2, 0.25) is 0 Å². The number of hydrogen-bond donors (Lipinski definition) is 2. The summed E-state index contributed by atoms with van der Waals surface area (Å²) in [4.78, 5) is 15.7. The van der Waals surface area contributed by atoms with Crippen LogP contribution >= 0.6 is 0 Å². The van der Waals surface area contributed by atoms with Gasteiger partial charge in [0.05, 0.1) is 5.52 Å². The first-order valence-corrected chi connectivity index (χ1v) is 5.20. The number of aromatic amines is 1. The summed E-state index contributed by atoms with van der Waals surface area (Å²) >= 11 is 0. The zero-order valence-corrected chi connectivity index (χ0v) is 9.45. The highest BCUT2D eigenvalue weighted by molar-refractivity contribution is 6.05. The molecule has 2 heterocycles. The number of nitrogens with zero attached hydrogens (tertiary/aromatic N) is 5. The number of carbonyl (C=O) groups is 1. The van der Waals surface area contributed by atoms with Gasteiger partial charge >= 0.3 is 0 Å². The first kappa shape index (κ1) is 10.4. The van der Waals surface area contributed by atoms with E-state index in [1.165, 1.54) is 6.33 Å². The second-order valence-electron chi connectivity index (χ2n) is 3.70. The van der Waals surface area contributed by atoms with E-state index in [1.54, 1.807) is 29.9 Å². The van der Waals surface area contributed by atoms with Gasteiger partial charge in [-0.25, -0.2) is 9.78 Å². The van der Waals surface area contributed by atoms with Crippen LogP contribution in [0, 0.1) is 0 Å². The lowest BCUT2D eigenvalue weighted by Crippen LogP contribution is -2.12. The van der Waals surface area contributed by atoms with Crippen molar-refractivity contribution in [3.05, 3.63) is 30.1 Å². The summed E-state index contributed by atoms with van der Waals surface area (Å²) in [6.07, 6.45) is 1.32. The van der Waals surface area contributed by atoms with Crippen LogP contribution < -0.4 is 5.32 Å². The van der Waals surface area contributed by atoms with Gasteiger partial charge in [-0.15, -0.1) is 5.10 Å². The maximum absolute atomic E-state index is 11.9. The summed E-state index contributed by atoms with van der Waals surface area (Å²) in [7, 11) is 1.80. The van der Waals surface area contributed by atoms with E-state index in [4.69, 9.17) is 0 Å². The van der Waals surface area contributed by atoms with Crippen molar-refractivity contribution < 1.29 is 4.79 Å². The number of aryl methyl sites for hydroxylation is 1. The minimum absolute atomic E-state index is 0.278. The number of nitrogens with one attached hydrogen (secondary N) is 2. The molecule has 3 aromatic rings. The van der Waals surface area contributed by atoms with E-state index >= 15 is 0 Å². The predicted octanol–water partition coefficient (Wildman–Crippen LogP) is 0.339. The van der Waals surface area contributed by atoms with Crippen molar-refractivity contribution in [2.24, 2.45) is 7.05 Å². The molecule has 3 rings (SSSR count). The van der Waals surface area contributed by atoms with Crippen molar-refractivity contribution in [3.63, 3.8) is 0 Å². The summed E-state index contributed by atoms with van der Waals surface area (Å²) in [5.74, 6) is 0.0264. The fourth-order valence-corrected chi connectivity index (χ4v) is 1.63. The quantitative estimate of drug-likeness (QED) is 0.675. The highest BCUT2D eigenvalue weighted by Gasteiger charge is 2.10. The molecule has 0 aliphatic heterocycles. The van der Waals surface area contributed by atoms with Crippen molar-refractivity contribution in [2.75, 3.05) is 5.32 Å². The third kappa shape index (κ3) is 1.69. The molecule has 0 atom stereocenters. The number of rotatable bonds is 2. The number of aromatic nitrogens is 6. The monoisotopic (exact) mass is 243 g/mol. The number of fused-ring (bicyclic) bond motifs is 1. The fraction of sp³-hybridized carbons (Fsp3) is 0.100. The third-order valence-corrected chi connectivity index (χ3v) is 2.52. The van der Waals surface area contributed by atoms with Crippen LogP contribution in [-0.2, 0) is 7.05 Å². The molecule has 0 radical (unpaired) electrons. The Bertz CT molecular complexity index is 700. The van der Waals surface area contributed by atoms with Crippen molar-refractivity contribution in [1.29, 1.82) is 0 Å². The average molecular weight is 243 g/mol. The summed E-state index contributed by atoms with van der Waals surface area (Å²) < 4.78 is 1.65. The Kier molecular flexibility index (Phi) is 2.26. The maximum atomic E-state index is 11.9. The molecule has 0 aliphatic rings. The van der Waals surface area contributed by atoms with Gasteiger partial charge in [0.25, 0.3) is 5.91 Å². The second-order valence-corrected chi connectivity index (χ2v) is 3.70. The lowest BCUT2D eigenvalue weighted by Gasteiger charge is -2.01. The molecule has 0 saturated heterocycles. The molecule has 2 N–H and O–H groups in total. The highest BCUT2D eigenvalue weighted by Crippen LogP contribution is 2.13. The molecule has 8 nitrogen and oxygen atoms in total. The molecule has 0 unspecified atom stereocenters. The summed E-state index contributed by atoms with van der Waals surface area (Å²) in [5, 5.41) is 16.6. The number of H-pyrrole nitrogens is 1. The van der Waals surface area contributed by atoms with Crippen molar-refractivity contribution in [1.82, 2.24) is 30.2 Å². The van der Waals surface area contributed by atoms with E-state index in [0.29, 0.717) is 17.0 Å². The molecule has 0 aliphatic carbocycles. The van der Waals surface area contributed by atoms with Crippen molar-refractivity contribution in [2.45, 2.75) is 0 Å². The lowest BCUT2D eigenvalue weighted by molar-refractivity contribution is 0.102. The van der Waals surface area contributed by atoms with Gasteiger partial charge in [-0.05, 0) is 18.2 Å². The second kappa shape index (κ2) is 3.91. The zero-order valence-electron chi connectivity index (χ0n) is 9.45. The van der Waals surface area contributed by atoms with Crippen LogP contribution in [-0.4, -0.2) is 36.1 Å². The Morgan fingerprint density at radius 1 is 1.44 bits per heavy atom. The molecule has 1 aromatic carbocycles. The molecular formula is C10H9N7O. The van der Waals surface area contributed by atoms with E-state index in [1.807, 2.05) is 0 Å². The average Bonchev–Trinajstić information content (AvgIpc) is 2.99.